The maximum Gasteiger partial charge on any atom is 0.0562 e. The number of benzene rings is 1. The SMILES string of the molecule is C[C@H]1CNCCN1c1cncc(-c2ccccc2)c1. The topological polar surface area (TPSA) is 28.2 Å². The van der Waals surface area contributed by atoms with Crippen LogP contribution < -0.4 is 10.2 Å². The Hall–Kier alpha value is -1.87. The Bertz CT molecular complexity index is 539. The number of hydrogen-bond acceptors (Lipinski definition) is 3. The van der Waals surface area contributed by atoms with Gasteiger partial charge in [0.1, 0.15) is 0 Å². The summed E-state index contributed by atoms with van der Waals surface area (Å²) in [6, 6.07) is 13.2. The Morgan fingerprint density at radius 1 is 1.16 bits per heavy atom. The zero-order chi connectivity index (χ0) is 13.1. The van der Waals surface area contributed by atoms with Gasteiger partial charge in [-0.15, -0.1) is 0 Å². The molecule has 1 fully saturated rings. The van der Waals surface area contributed by atoms with Gasteiger partial charge in [0.15, 0.2) is 0 Å². The summed E-state index contributed by atoms with van der Waals surface area (Å²) < 4.78 is 0. The molecule has 1 aliphatic heterocycles. The molecule has 1 N–H and O–H groups in total. The highest BCUT2D eigenvalue weighted by Gasteiger charge is 2.18. The molecule has 1 aromatic heterocycles. The van der Waals surface area contributed by atoms with Crippen LogP contribution in [0.5, 0.6) is 0 Å². The molecule has 0 bridgehead atoms. The van der Waals surface area contributed by atoms with Crippen LogP contribution in [0.25, 0.3) is 11.1 Å². The minimum atomic E-state index is 0.515. The lowest BCUT2D eigenvalue weighted by atomic mass is 10.1. The smallest absolute Gasteiger partial charge is 0.0562 e. The molecule has 19 heavy (non-hydrogen) atoms. The van der Waals surface area contributed by atoms with Gasteiger partial charge in [-0.05, 0) is 18.6 Å². The minimum Gasteiger partial charge on any atom is -0.365 e. The second-order valence-corrected chi connectivity index (χ2v) is 5.04. The number of rotatable bonds is 2. The summed E-state index contributed by atoms with van der Waals surface area (Å²) in [6.45, 7) is 5.37. The fourth-order valence-electron chi connectivity index (χ4n) is 2.60. The molecule has 1 saturated heterocycles. The number of pyridine rings is 1. The predicted octanol–water partition coefficient (Wildman–Crippen LogP) is 2.55. The van der Waals surface area contributed by atoms with E-state index < -0.39 is 0 Å². The highest BCUT2D eigenvalue weighted by atomic mass is 15.2. The molecule has 0 aliphatic carbocycles. The van der Waals surface area contributed by atoms with Crippen LogP contribution in [-0.2, 0) is 0 Å². The molecule has 0 amide bonds. The van der Waals surface area contributed by atoms with E-state index in [1.54, 1.807) is 0 Å². The van der Waals surface area contributed by atoms with Crippen LogP contribution in [0.15, 0.2) is 48.8 Å². The van der Waals surface area contributed by atoms with E-state index in [1.807, 2.05) is 18.5 Å². The van der Waals surface area contributed by atoms with Crippen molar-refractivity contribution >= 4 is 5.69 Å². The van der Waals surface area contributed by atoms with Crippen LogP contribution in [0.4, 0.5) is 5.69 Å². The van der Waals surface area contributed by atoms with Crippen LogP contribution >= 0.6 is 0 Å². The molecule has 1 atom stereocenters. The lowest BCUT2D eigenvalue weighted by Gasteiger charge is -2.35. The summed E-state index contributed by atoms with van der Waals surface area (Å²) in [7, 11) is 0. The van der Waals surface area contributed by atoms with Crippen LogP contribution in [-0.4, -0.2) is 30.7 Å². The van der Waals surface area contributed by atoms with Crippen molar-refractivity contribution in [1.29, 1.82) is 0 Å². The monoisotopic (exact) mass is 253 g/mol. The third-order valence-electron chi connectivity index (χ3n) is 3.66. The van der Waals surface area contributed by atoms with Gasteiger partial charge < -0.3 is 10.2 Å². The number of piperazine rings is 1. The largest absolute Gasteiger partial charge is 0.365 e. The van der Waals surface area contributed by atoms with E-state index >= 15 is 0 Å². The maximum absolute atomic E-state index is 4.41. The average Bonchev–Trinajstić information content (AvgIpc) is 2.49. The van der Waals surface area contributed by atoms with Crippen molar-refractivity contribution in [2.24, 2.45) is 0 Å². The van der Waals surface area contributed by atoms with Crippen molar-refractivity contribution in [3.05, 3.63) is 48.8 Å². The van der Waals surface area contributed by atoms with Crippen molar-refractivity contribution in [3.63, 3.8) is 0 Å². The summed E-state index contributed by atoms with van der Waals surface area (Å²) >= 11 is 0. The van der Waals surface area contributed by atoms with E-state index in [1.165, 1.54) is 16.8 Å². The average molecular weight is 253 g/mol. The van der Waals surface area contributed by atoms with Crippen molar-refractivity contribution in [1.82, 2.24) is 10.3 Å². The van der Waals surface area contributed by atoms with Gasteiger partial charge in [-0.3, -0.25) is 4.98 Å². The third-order valence-corrected chi connectivity index (χ3v) is 3.66. The van der Waals surface area contributed by atoms with Gasteiger partial charge in [0, 0.05) is 37.4 Å². The standard InChI is InChI=1S/C16H19N3/c1-13-10-17-7-8-19(13)16-9-15(11-18-12-16)14-5-3-2-4-6-14/h2-6,9,11-13,17H,7-8,10H2,1H3/t13-/m0/s1. The van der Waals surface area contributed by atoms with E-state index in [-0.39, 0.29) is 0 Å². The summed E-state index contributed by atoms with van der Waals surface area (Å²) in [5.74, 6) is 0. The molecular formula is C16H19N3. The van der Waals surface area contributed by atoms with Crippen molar-refractivity contribution in [2.75, 3.05) is 24.5 Å². The summed E-state index contributed by atoms with van der Waals surface area (Å²) in [4.78, 5) is 6.84. The molecule has 0 unspecified atom stereocenters. The quantitative estimate of drug-likeness (QED) is 0.891. The molecule has 3 heteroatoms. The van der Waals surface area contributed by atoms with Crippen LogP contribution in [0.2, 0.25) is 0 Å². The molecule has 0 radical (unpaired) electrons. The number of nitrogens with one attached hydrogen (secondary N) is 1. The number of aromatic nitrogens is 1. The van der Waals surface area contributed by atoms with Crippen molar-refractivity contribution < 1.29 is 0 Å². The first-order valence-electron chi connectivity index (χ1n) is 6.82. The van der Waals surface area contributed by atoms with E-state index in [2.05, 4.69) is 52.5 Å². The van der Waals surface area contributed by atoms with Crippen molar-refractivity contribution in [3.8, 4) is 11.1 Å². The van der Waals surface area contributed by atoms with Crippen LogP contribution in [0.3, 0.4) is 0 Å². The van der Waals surface area contributed by atoms with E-state index in [9.17, 15) is 0 Å². The Kier molecular flexibility index (Phi) is 3.47. The predicted molar refractivity (Wildman–Crippen MR) is 79.4 cm³/mol. The molecule has 0 spiro atoms. The molecule has 3 nitrogen and oxygen atoms in total. The summed E-state index contributed by atoms with van der Waals surface area (Å²) in [5.41, 5.74) is 3.62. The number of hydrogen-bond donors (Lipinski definition) is 1. The van der Waals surface area contributed by atoms with Crippen molar-refractivity contribution in [2.45, 2.75) is 13.0 Å². The van der Waals surface area contributed by atoms with Crippen LogP contribution in [0.1, 0.15) is 6.92 Å². The van der Waals surface area contributed by atoms with Gasteiger partial charge in [-0.1, -0.05) is 30.3 Å². The first-order chi connectivity index (χ1) is 9.34. The highest BCUT2D eigenvalue weighted by molar-refractivity contribution is 5.67. The second kappa shape index (κ2) is 5.41. The summed E-state index contributed by atoms with van der Waals surface area (Å²) in [6.07, 6.45) is 3.90. The normalized spacial score (nSPS) is 19.4. The molecule has 98 valence electrons. The molecular weight excluding hydrogens is 234 g/mol. The third kappa shape index (κ3) is 2.61. The molecule has 3 rings (SSSR count). The van der Waals surface area contributed by atoms with Gasteiger partial charge in [0.25, 0.3) is 0 Å². The Balaban J connectivity index is 1.91. The van der Waals surface area contributed by atoms with E-state index in [0.29, 0.717) is 6.04 Å². The minimum absolute atomic E-state index is 0.515. The van der Waals surface area contributed by atoms with Gasteiger partial charge in [0.2, 0.25) is 0 Å². The van der Waals surface area contributed by atoms with Gasteiger partial charge in [0.05, 0.1) is 11.9 Å². The Morgan fingerprint density at radius 3 is 2.79 bits per heavy atom. The Labute approximate surface area is 114 Å². The fraction of sp³-hybridized carbons (Fsp3) is 0.312. The first-order valence-corrected chi connectivity index (χ1v) is 6.82. The number of anilines is 1. The van der Waals surface area contributed by atoms with E-state index in [0.717, 1.165) is 19.6 Å². The zero-order valence-corrected chi connectivity index (χ0v) is 11.2. The zero-order valence-electron chi connectivity index (χ0n) is 11.2. The van der Waals surface area contributed by atoms with E-state index in [4.69, 9.17) is 0 Å². The lowest BCUT2D eigenvalue weighted by Crippen LogP contribution is -2.49. The molecule has 0 saturated carbocycles. The Morgan fingerprint density at radius 2 is 2.00 bits per heavy atom. The second-order valence-electron chi connectivity index (χ2n) is 5.04. The van der Waals surface area contributed by atoms with Gasteiger partial charge in [-0.25, -0.2) is 0 Å². The van der Waals surface area contributed by atoms with Crippen LogP contribution in [0, 0.1) is 0 Å². The molecule has 2 heterocycles. The maximum atomic E-state index is 4.41. The molecule has 2 aromatic rings. The molecule has 1 aliphatic rings. The molecule has 1 aromatic carbocycles. The highest BCUT2D eigenvalue weighted by Crippen LogP contribution is 2.24. The fourth-order valence-corrected chi connectivity index (χ4v) is 2.60. The first kappa shape index (κ1) is 12.2. The van der Waals surface area contributed by atoms with Gasteiger partial charge >= 0.3 is 0 Å². The lowest BCUT2D eigenvalue weighted by molar-refractivity contribution is 0.500. The number of nitrogens with zero attached hydrogens (tertiary/aromatic N) is 2. The summed E-state index contributed by atoms with van der Waals surface area (Å²) in [5, 5.41) is 3.42. The van der Waals surface area contributed by atoms with Gasteiger partial charge in [-0.2, -0.15) is 0 Å².